The molecule has 30 heavy (non-hydrogen) atoms. The smallest absolute Gasteiger partial charge is 0.276 e. The van der Waals surface area contributed by atoms with Crippen LogP contribution < -0.4 is 15.6 Å². The van der Waals surface area contributed by atoms with Crippen LogP contribution in [0.5, 0.6) is 5.75 Å². The summed E-state index contributed by atoms with van der Waals surface area (Å²) in [4.78, 5) is 38.3. The fourth-order valence-corrected chi connectivity index (χ4v) is 3.24. The van der Waals surface area contributed by atoms with Gasteiger partial charge < -0.3 is 9.64 Å². The lowest BCUT2D eigenvalue weighted by Gasteiger charge is -2.31. The Hall–Kier alpha value is -3.42. The lowest BCUT2D eigenvalue weighted by atomic mass is 9.95. The number of nitrogens with zero attached hydrogens (tertiary/aromatic N) is 1. The maximum absolute atomic E-state index is 13.0. The van der Waals surface area contributed by atoms with Crippen molar-refractivity contribution < 1.29 is 23.5 Å². The zero-order valence-corrected chi connectivity index (χ0v) is 16.7. The van der Waals surface area contributed by atoms with Crippen LogP contribution in [0.15, 0.2) is 48.5 Å². The predicted octanol–water partition coefficient (Wildman–Crippen LogP) is 2.21. The molecule has 0 bridgehead atoms. The third-order valence-corrected chi connectivity index (χ3v) is 4.93. The highest BCUT2D eigenvalue weighted by Crippen LogP contribution is 2.19. The van der Waals surface area contributed by atoms with E-state index in [2.05, 4.69) is 10.9 Å². The first-order chi connectivity index (χ1) is 14.4. The second kappa shape index (κ2) is 9.87. The molecular formula is C22H24FN3O4. The first-order valence-corrected chi connectivity index (χ1v) is 9.75. The van der Waals surface area contributed by atoms with Gasteiger partial charge in [0.2, 0.25) is 5.91 Å². The molecule has 3 rings (SSSR count). The van der Waals surface area contributed by atoms with E-state index in [1.165, 1.54) is 24.3 Å². The summed E-state index contributed by atoms with van der Waals surface area (Å²) >= 11 is 0. The Morgan fingerprint density at radius 1 is 1.07 bits per heavy atom. The average Bonchev–Trinajstić information content (AvgIpc) is 2.76. The summed E-state index contributed by atoms with van der Waals surface area (Å²) in [5.41, 5.74) is 6.20. The molecule has 0 radical (unpaired) electrons. The summed E-state index contributed by atoms with van der Waals surface area (Å²) in [6.07, 6.45) is 0.961. The molecule has 1 saturated heterocycles. The minimum atomic E-state index is -0.464. The predicted molar refractivity (Wildman–Crippen MR) is 108 cm³/mol. The SMILES string of the molecule is Cc1cccc(OCC(=O)NNC(=O)C2CCN(C(=O)c3ccc(F)cc3)CC2)c1. The van der Waals surface area contributed by atoms with Gasteiger partial charge in [0.25, 0.3) is 11.8 Å². The van der Waals surface area contributed by atoms with Gasteiger partial charge in [-0.1, -0.05) is 12.1 Å². The molecule has 0 atom stereocenters. The number of amides is 3. The number of halogens is 1. The highest BCUT2D eigenvalue weighted by molar-refractivity contribution is 5.94. The Morgan fingerprint density at radius 2 is 1.77 bits per heavy atom. The largest absolute Gasteiger partial charge is 0.484 e. The fraction of sp³-hybridized carbons (Fsp3) is 0.318. The minimum absolute atomic E-state index is 0.185. The van der Waals surface area contributed by atoms with Crippen LogP contribution >= 0.6 is 0 Å². The fourth-order valence-electron chi connectivity index (χ4n) is 3.24. The summed E-state index contributed by atoms with van der Waals surface area (Å²) in [7, 11) is 0. The van der Waals surface area contributed by atoms with Crippen molar-refractivity contribution in [1.82, 2.24) is 15.8 Å². The van der Waals surface area contributed by atoms with Gasteiger partial charge in [-0.3, -0.25) is 25.2 Å². The molecule has 0 unspecified atom stereocenters. The molecule has 0 aromatic heterocycles. The van der Waals surface area contributed by atoms with E-state index in [9.17, 15) is 18.8 Å². The number of ether oxygens (including phenoxy) is 1. The number of aryl methyl sites for hydroxylation is 1. The molecule has 1 aliphatic heterocycles. The van der Waals surface area contributed by atoms with Crippen molar-refractivity contribution in [1.29, 1.82) is 0 Å². The number of piperidine rings is 1. The monoisotopic (exact) mass is 413 g/mol. The zero-order chi connectivity index (χ0) is 21.5. The number of hydrogen-bond donors (Lipinski definition) is 2. The molecule has 1 heterocycles. The number of nitrogens with one attached hydrogen (secondary N) is 2. The maximum Gasteiger partial charge on any atom is 0.276 e. The van der Waals surface area contributed by atoms with Gasteiger partial charge in [-0.25, -0.2) is 4.39 Å². The third-order valence-electron chi connectivity index (χ3n) is 4.93. The van der Waals surface area contributed by atoms with Crippen molar-refractivity contribution in [2.24, 2.45) is 5.92 Å². The standard InChI is InChI=1S/C22H24FN3O4/c1-15-3-2-4-19(13-15)30-14-20(27)24-25-21(28)16-9-11-26(12-10-16)22(29)17-5-7-18(23)8-6-17/h2-8,13,16H,9-12,14H2,1H3,(H,24,27)(H,25,28). The minimum Gasteiger partial charge on any atom is -0.484 e. The number of carbonyl (C=O) groups is 3. The average molecular weight is 413 g/mol. The topological polar surface area (TPSA) is 87.7 Å². The number of likely N-dealkylation sites (tertiary alicyclic amines) is 1. The molecule has 1 fully saturated rings. The number of hydrazine groups is 1. The molecule has 0 saturated carbocycles. The van der Waals surface area contributed by atoms with Gasteiger partial charge in [0, 0.05) is 24.6 Å². The quantitative estimate of drug-likeness (QED) is 0.736. The second-order valence-electron chi connectivity index (χ2n) is 7.22. The van der Waals surface area contributed by atoms with Gasteiger partial charge in [0.15, 0.2) is 6.61 Å². The van der Waals surface area contributed by atoms with Crippen LogP contribution in [-0.2, 0) is 9.59 Å². The van der Waals surface area contributed by atoms with E-state index in [1.54, 1.807) is 11.0 Å². The normalized spacial score (nSPS) is 14.1. The van der Waals surface area contributed by atoms with Crippen LogP contribution in [0.25, 0.3) is 0 Å². The highest BCUT2D eigenvalue weighted by atomic mass is 19.1. The van der Waals surface area contributed by atoms with Gasteiger partial charge in [-0.15, -0.1) is 0 Å². The van der Waals surface area contributed by atoms with E-state index in [0.717, 1.165) is 5.56 Å². The Kier molecular flexibility index (Phi) is 7.00. The van der Waals surface area contributed by atoms with E-state index >= 15 is 0 Å². The van der Waals surface area contributed by atoms with Crippen molar-refractivity contribution >= 4 is 17.7 Å². The van der Waals surface area contributed by atoms with Crippen molar-refractivity contribution in [3.8, 4) is 5.75 Å². The van der Waals surface area contributed by atoms with Crippen molar-refractivity contribution in [2.45, 2.75) is 19.8 Å². The Morgan fingerprint density at radius 3 is 2.43 bits per heavy atom. The van der Waals surface area contributed by atoms with Crippen molar-refractivity contribution in [3.63, 3.8) is 0 Å². The van der Waals surface area contributed by atoms with Crippen LogP contribution in [0.3, 0.4) is 0 Å². The summed E-state index contributed by atoms with van der Waals surface area (Å²) in [5, 5.41) is 0. The number of rotatable bonds is 5. The van der Waals surface area contributed by atoms with E-state index in [1.807, 2.05) is 25.1 Å². The maximum atomic E-state index is 13.0. The van der Waals surface area contributed by atoms with Gasteiger partial charge in [-0.05, 0) is 61.7 Å². The molecular weight excluding hydrogens is 389 g/mol. The van der Waals surface area contributed by atoms with Crippen molar-refractivity contribution in [3.05, 3.63) is 65.5 Å². The molecule has 2 aromatic rings. The first-order valence-electron chi connectivity index (χ1n) is 9.75. The van der Waals surface area contributed by atoms with Gasteiger partial charge in [0.05, 0.1) is 0 Å². The second-order valence-corrected chi connectivity index (χ2v) is 7.22. The lowest BCUT2D eigenvalue weighted by molar-refractivity contribution is -0.132. The summed E-state index contributed by atoms with van der Waals surface area (Å²) in [6, 6.07) is 12.7. The number of carbonyl (C=O) groups excluding carboxylic acids is 3. The van der Waals surface area contributed by atoms with Gasteiger partial charge in [-0.2, -0.15) is 0 Å². The van der Waals surface area contributed by atoms with Crippen LogP contribution in [0.1, 0.15) is 28.8 Å². The van der Waals surface area contributed by atoms with E-state index in [0.29, 0.717) is 37.2 Å². The molecule has 3 amide bonds. The molecule has 0 spiro atoms. The number of benzene rings is 2. The molecule has 0 aliphatic carbocycles. The summed E-state index contributed by atoms with van der Waals surface area (Å²) in [6.45, 7) is 2.54. The number of hydrogen-bond acceptors (Lipinski definition) is 4. The summed E-state index contributed by atoms with van der Waals surface area (Å²) in [5.74, 6) is -1.07. The lowest BCUT2D eigenvalue weighted by Crippen LogP contribution is -2.49. The van der Waals surface area contributed by atoms with E-state index in [4.69, 9.17) is 4.74 Å². The van der Waals surface area contributed by atoms with E-state index in [-0.39, 0.29) is 24.3 Å². The Labute approximate surface area is 174 Å². The summed E-state index contributed by atoms with van der Waals surface area (Å²) < 4.78 is 18.4. The van der Waals surface area contributed by atoms with Crippen LogP contribution in [0, 0.1) is 18.7 Å². The molecule has 8 heteroatoms. The van der Waals surface area contributed by atoms with Crippen LogP contribution in [-0.4, -0.2) is 42.3 Å². The third kappa shape index (κ3) is 5.79. The van der Waals surface area contributed by atoms with E-state index < -0.39 is 11.7 Å². The molecule has 158 valence electrons. The molecule has 7 nitrogen and oxygen atoms in total. The van der Waals surface area contributed by atoms with Crippen LogP contribution in [0.2, 0.25) is 0 Å². The zero-order valence-electron chi connectivity index (χ0n) is 16.7. The Bertz CT molecular complexity index is 909. The van der Waals surface area contributed by atoms with Crippen LogP contribution in [0.4, 0.5) is 4.39 Å². The van der Waals surface area contributed by atoms with Gasteiger partial charge >= 0.3 is 0 Å². The highest BCUT2D eigenvalue weighted by Gasteiger charge is 2.28. The molecule has 1 aliphatic rings. The van der Waals surface area contributed by atoms with Gasteiger partial charge in [0.1, 0.15) is 11.6 Å². The molecule has 2 N–H and O–H groups in total. The molecule has 2 aromatic carbocycles. The first kappa shape index (κ1) is 21.3. The van der Waals surface area contributed by atoms with Crippen molar-refractivity contribution in [2.75, 3.05) is 19.7 Å². The Balaban J connectivity index is 1.39.